The fourth-order valence-electron chi connectivity index (χ4n) is 10.7. The van der Waals surface area contributed by atoms with Crippen LogP contribution in [-0.4, -0.2) is 123 Å². The number of carbonyl (C=O) groups is 2. The summed E-state index contributed by atoms with van der Waals surface area (Å²) >= 11 is 0. The number of aliphatic hydroxyl groups excluding tert-OH is 2. The Morgan fingerprint density at radius 2 is 0.513 bits per heavy atom. The van der Waals surface area contributed by atoms with Gasteiger partial charge in [-0.05, 0) is 64.7 Å². The third kappa shape index (κ3) is 58.8. The number of aliphatic hydroxyl groups is 2. The lowest BCUT2D eigenvalue weighted by molar-refractivity contribution is -0.143. The number of ether oxygens (including phenoxy) is 2. The quantitative estimate of drug-likeness (QED) is 0.0346. The molecule has 0 aliphatic rings. The van der Waals surface area contributed by atoms with Crippen LogP contribution in [0.5, 0.6) is 0 Å². The molecule has 0 aliphatic carbocycles. The number of hydrogen-bond donors (Lipinski definition) is 4. The van der Waals surface area contributed by atoms with Crippen LogP contribution in [0.4, 0.5) is 0 Å². The van der Waals surface area contributed by atoms with E-state index in [0.29, 0.717) is 39.4 Å². The Morgan fingerprint density at radius 1 is 0.316 bits per heavy atom. The van der Waals surface area contributed by atoms with Crippen LogP contribution in [0.25, 0.3) is 0 Å². The van der Waals surface area contributed by atoms with Crippen LogP contribution in [0.15, 0.2) is 0 Å². The molecule has 0 heterocycles. The number of unbranched alkanes of at least 4 members (excludes halogenated alkanes) is 41. The van der Waals surface area contributed by atoms with Crippen LogP contribution >= 0.6 is 0 Å². The Labute approximate surface area is 473 Å². The van der Waals surface area contributed by atoms with Crippen molar-refractivity contribution >= 4 is 11.9 Å². The molecule has 0 saturated carbocycles. The van der Waals surface area contributed by atoms with Crippen molar-refractivity contribution < 1.29 is 29.3 Å². The molecule has 0 aromatic rings. The summed E-state index contributed by atoms with van der Waals surface area (Å²) in [7, 11) is 0. The third-order valence-corrected chi connectivity index (χ3v) is 15.6. The Morgan fingerprint density at radius 3 is 0.750 bits per heavy atom. The molecular formula is C66H134N4O6. The first kappa shape index (κ1) is 74.7. The Kier molecular flexibility index (Phi) is 61.8. The maximum absolute atomic E-state index is 12.5. The molecule has 0 aliphatic heterocycles. The second kappa shape index (κ2) is 62.9. The van der Waals surface area contributed by atoms with E-state index in [1.807, 2.05) is 0 Å². The Hall–Kier alpha value is -1.30. The lowest BCUT2D eigenvalue weighted by Gasteiger charge is -2.27. The molecule has 0 fully saturated rings. The highest BCUT2D eigenvalue weighted by Crippen LogP contribution is 2.16. The lowest BCUT2D eigenvalue weighted by Crippen LogP contribution is -2.41. The van der Waals surface area contributed by atoms with E-state index in [0.717, 1.165) is 77.5 Å². The van der Waals surface area contributed by atoms with Gasteiger partial charge < -0.3 is 40.1 Å². The summed E-state index contributed by atoms with van der Waals surface area (Å²) in [5.74, 6) is -0.467. The maximum atomic E-state index is 12.5. The summed E-state index contributed by atoms with van der Waals surface area (Å²) < 4.78 is 11.0. The summed E-state index contributed by atoms with van der Waals surface area (Å²) in [6, 6.07) is 0. The van der Waals surface area contributed by atoms with Gasteiger partial charge in [-0.1, -0.05) is 285 Å². The van der Waals surface area contributed by atoms with E-state index in [9.17, 15) is 19.8 Å². The molecule has 2 unspecified atom stereocenters. The molecule has 10 nitrogen and oxygen atoms in total. The average molecular weight is 1080 g/mol. The predicted molar refractivity (Wildman–Crippen MR) is 328 cm³/mol. The zero-order chi connectivity index (χ0) is 55.3. The highest BCUT2D eigenvalue weighted by atomic mass is 16.5. The minimum absolute atomic E-state index is 0.132. The van der Waals surface area contributed by atoms with Crippen LogP contribution in [0.1, 0.15) is 323 Å². The molecule has 0 radical (unpaired) electrons. The first-order valence-electron chi connectivity index (χ1n) is 33.9. The van der Waals surface area contributed by atoms with E-state index in [4.69, 9.17) is 9.47 Å². The van der Waals surface area contributed by atoms with Crippen LogP contribution in [0, 0.1) is 0 Å². The zero-order valence-electron chi connectivity index (χ0n) is 51.6. The summed E-state index contributed by atoms with van der Waals surface area (Å²) in [5.41, 5.74) is 0. The SMILES string of the molecule is CCCCCCCCCCCCCCN(CCCCN(CCCCCCCCCCCCCC)CC(O)CNCC(=O)OCCCCCCCCCCCC)CC(O)CNCC(=O)OCCCCCCCCCCCC. The van der Waals surface area contributed by atoms with E-state index in [1.54, 1.807) is 0 Å². The molecule has 0 spiro atoms. The van der Waals surface area contributed by atoms with Crippen molar-refractivity contribution in [3.05, 3.63) is 0 Å². The van der Waals surface area contributed by atoms with Crippen molar-refractivity contribution in [1.82, 2.24) is 20.4 Å². The summed E-state index contributed by atoms with van der Waals surface area (Å²) in [5, 5.41) is 28.7. The molecule has 454 valence electrons. The molecular weight excluding hydrogens is 945 g/mol. The summed E-state index contributed by atoms with van der Waals surface area (Å²) in [6.45, 7) is 16.1. The van der Waals surface area contributed by atoms with E-state index < -0.39 is 12.2 Å². The number of nitrogens with one attached hydrogen (secondary N) is 2. The highest BCUT2D eigenvalue weighted by Gasteiger charge is 2.16. The second-order valence-corrected chi connectivity index (χ2v) is 23.5. The van der Waals surface area contributed by atoms with E-state index >= 15 is 0 Å². The van der Waals surface area contributed by atoms with Crippen LogP contribution in [-0.2, 0) is 19.1 Å². The normalized spacial score (nSPS) is 12.6. The standard InChI is InChI=1S/C66H134N4O6/c1-5-9-13-17-21-25-29-31-33-37-41-45-51-69(61-63(71)57-67-59-65(73)75-55-49-43-39-35-27-23-19-15-11-7-3)53-47-48-54-70(52-46-42-38-34-32-30-26-22-18-14-10-6-2)62-64(72)58-68-60-66(74)76-56-50-44-40-36-28-24-20-16-12-8-4/h63-64,67-68,71-72H,5-62H2,1-4H3. The van der Waals surface area contributed by atoms with Gasteiger partial charge in [0.25, 0.3) is 0 Å². The van der Waals surface area contributed by atoms with Crippen molar-refractivity contribution in [2.75, 3.05) is 78.7 Å². The first-order chi connectivity index (χ1) is 37.4. The molecule has 0 bridgehead atoms. The smallest absolute Gasteiger partial charge is 0.319 e. The number of hydrogen-bond acceptors (Lipinski definition) is 10. The fourth-order valence-corrected chi connectivity index (χ4v) is 10.7. The van der Waals surface area contributed by atoms with Crippen LogP contribution < -0.4 is 10.6 Å². The minimum Gasteiger partial charge on any atom is -0.465 e. The third-order valence-electron chi connectivity index (χ3n) is 15.6. The van der Waals surface area contributed by atoms with Gasteiger partial charge in [0.05, 0.1) is 38.5 Å². The predicted octanol–water partition coefficient (Wildman–Crippen LogP) is 16.6. The van der Waals surface area contributed by atoms with Crippen molar-refractivity contribution in [1.29, 1.82) is 0 Å². The minimum atomic E-state index is -0.561. The number of rotatable bonds is 65. The first-order valence-corrected chi connectivity index (χ1v) is 33.9. The molecule has 76 heavy (non-hydrogen) atoms. The van der Waals surface area contributed by atoms with Gasteiger partial charge in [-0.2, -0.15) is 0 Å². The Bertz CT molecular complexity index is 1060. The van der Waals surface area contributed by atoms with Gasteiger partial charge >= 0.3 is 11.9 Å². The van der Waals surface area contributed by atoms with Crippen LogP contribution in [0.2, 0.25) is 0 Å². The monoisotopic (exact) mass is 1080 g/mol. The fraction of sp³-hybridized carbons (Fsp3) is 0.970. The number of carbonyl (C=O) groups excluding carboxylic acids is 2. The molecule has 0 amide bonds. The summed E-state index contributed by atoms with van der Waals surface area (Å²) in [4.78, 5) is 29.8. The van der Waals surface area contributed by atoms with Gasteiger partial charge in [-0.25, -0.2) is 0 Å². The topological polar surface area (TPSA) is 124 Å². The summed E-state index contributed by atoms with van der Waals surface area (Å²) in [6.07, 6.45) is 57.8. The number of nitrogens with zero attached hydrogens (tertiary/aromatic N) is 2. The molecule has 0 rings (SSSR count). The number of esters is 2. The van der Waals surface area contributed by atoms with Gasteiger partial charge in [0.2, 0.25) is 0 Å². The van der Waals surface area contributed by atoms with Gasteiger partial charge in [-0.15, -0.1) is 0 Å². The Balaban J connectivity index is 5.02. The largest absolute Gasteiger partial charge is 0.465 e. The zero-order valence-corrected chi connectivity index (χ0v) is 51.6. The molecule has 0 saturated heterocycles. The molecule has 0 aromatic heterocycles. The van der Waals surface area contributed by atoms with E-state index in [2.05, 4.69) is 48.1 Å². The van der Waals surface area contributed by atoms with Crippen molar-refractivity contribution in [2.24, 2.45) is 0 Å². The molecule has 4 N–H and O–H groups in total. The van der Waals surface area contributed by atoms with E-state index in [-0.39, 0.29) is 25.0 Å². The van der Waals surface area contributed by atoms with Gasteiger partial charge in [0, 0.05) is 26.2 Å². The lowest BCUT2D eigenvalue weighted by atomic mass is 10.1. The molecule has 0 aromatic carbocycles. The van der Waals surface area contributed by atoms with Gasteiger partial charge in [0.1, 0.15) is 0 Å². The molecule has 2 atom stereocenters. The maximum Gasteiger partial charge on any atom is 0.319 e. The van der Waals surface area contributed by atoms with Crippen molar-refractivity contribution in [3.8, 4) is 0 Å². The molecule has 10 heteroatoms. The van der Waals surface area contributed by atoms with E-state index in [1.165, 1.54) is 244 Å². The van der Waals surface area contributed by atoms with Crippen molar-refractivity contribution in [2.45, 2.75) is 335 Å². The highest BCUT2D eigenvalue weighted by molar-refractivity contribution is 5.71. The van der Waals surface area contributed by atoms with Crippen molar-refractivity contribution in [3.63, 3.8) is 0 Å². The average Bonchev–Trinajstić information content (AvgIpc) is 3.41. The van der Waals surface area contributed by atoms with Gasteiger partial charge in [-0.3, -0.25) is 9.59 Å². The van der Waals surface area contributed by atoms with Gasteiger partial charge in [0.15, 0.2) is 0 Å². The van der Waals surface area contributed by atoms with Crippen LogP contribution in [0.3, 0.4) is 0 Å². The second-order valence-electron chi connectivity index (χ2n) is 23.5.